The first-order chi connectivity index (χ1) is 17.0. The lowest BCUT2D eigenvalue weighted by Gasteiger charge is -2.25. The van der Waals surface area contributed by atoms with E-state index in [0.717, 1.165) is 24.0 Å². The number of fused-ring (bicyclic) bond motifs is 1. The molecule has 35 heavy (non-hydrogen) atoms. The third-order valence-corrected chi connectivity index (χ3v) is 6.96. The number of rotatable bonds is 14. The molecule has 0 spiro atoms. The molecule has 2 aromatic rings. The Hall–Kier alpha value is -2.53. The summed E-state index contributed by atoms with van der Waals surface area (Å²) in [5.41, 5.74) is 2.24. The fourth-order valence-electron chi connectivity index (χ4n) is 4.68. The van der Waals surface area contributed by atoms with Gasteiger partial charge in [-0.1, -0.05) is 94.9 Å². The van der Waals surface area contributed by atoms with Gasteiger partial charge in [0.2, 0.25) is 5.91 Å². The molecule has 0 saturated carbocycles. The highest BCUT2D eigenvalue weighted by Crippen LogP contribution is 2.42. The van der Waals surface area contributed by atoms with Gasteiger partial charge >= 0.3 is 5.97 Å². The average molecular weight is 500 g/mol. The van der Waals surface area contributed by atoms with E-state index in [1.807, 2.05) is 12.1 Å². The van der Waals surface area contributed by atoms with Crippen molar-refractivity contribution in [3.8, 4) is 11.5 Å². The van der Waals surface area contributed by atoms with E-state index in [-0.39, 0.29) is 30.0 Å². The molecule has 2 N–H and O–H groups in total. The molecule has 0 aromatic heterocycles. The van der Waals surface area contributed by atoms with Crippen LogP contribution in [0.4, 0.5) is 5.69 Å². The molecule has 0 bridgehead atoms. The molecule has 0 aliphatic carbocycles. The van der Waals surface area contributed by atoms with Gasteiger partial charge in [0.15, 0.2) is 0 Å². The number of nitrogens with one attached hydrogen (secondary N) is 1. The van der Waals surface area contributed by atoms with Crippen molar-refractivity contribution in [1.29, 1.82) is 0 Å². The topological polar surface area (TPSA) is 75.6 Å². The van der Waals surface area contributed by atoms with Crippen molar-refractivity contribution in [3.63, 3.8) is 0 Å². The van der Waals surface area contributed by atoms with E-state index in [9.17, 15) is 14.7 Å². The Bertz CT molecular complexity index is 991. The number of amides is 1. The molecule has 5 nitrogen and oxygen atoms in total. The SMILES string of the molecule is CCCCCCCCCCCCCC(=O)Nc1ccc(C2CC(=O)Oc3cc(O)ccc32)c(Cl)c1. The van der Waals surface area contributed by atoms with Crippen LogP contribution in [0.25, 0.3) is 0 Å². The molecule has 3 rings (SSSR count). The summed E-state index contributed by atoms with van der Waals surface area (Å²) in [4.78, 5) is 24.5. The monoisotopic (exact) mass is 499 g/mol. The summed E-state index contributed by atoms with van der Waals surface area (Å²) in [5, 5.41) is 13.1. The van der Waals surface area contributed by atoms with Gasteiger partial charge in [0.05, 0.1) is 6.42 Å². The quantitative estimate of drug-likeness (QED) is 0.156. The van der Waals surface area contributed by atoms with E-state index in [4.69, 9.17) is 16.3 Å². The highest BCUT2D eigenvalue weighted by Gasteiger charge is 2.30. The highest BCUT2D eigenvalue weighted by atomic mass is 35.5. The maximum atomic E-state index is 12.4. The molecule has 1 aliphatic rings. The van der Waals surface area contributed by atoms with Crippen molar-refractivity contribution in [2.75, 3.05) is 5.32 Å². The molecule has 190 valence electrons. The molecular weight excluding hydrogens is 462 g/mol. The highest BCUT2D eigenvalue weighted by molar-refractivity contribution is 6.31. The maximum absolute atomic E-state index is 12.4. The van der Waals surface area contributed by atoms with Crippen LogP contribution in [0.15, 0.2) is 36.4 Å². The third-order valence-electron chi connectivity index (χ3n) is 6.63. The first kappa shape index (κ1) is 27.1. The van der Waals surface area contributed by atoms with Crippen molar-refractivity contribution in [2.24, 2.45) is 0 Å². The second-order valence-electron chi connectivity index (χ2n) is 9.52. The van der Waals surface area contributed by atoms with Crippen LogP contribution in [0, 0.1) is 0 Å². The van der Waals surface area contributed by atoms with Crippen molar-refractivity contribution in [3.05, 3.63) is 52.5 Å². The van der Waals surface area contributed by atoms with E-state index in [0.29, 0.717) is 22.9 Å². The predicted molar refractivity (Wildman–Crippen MR) is 141 cm³/mol. The Morgan fingerprint density at radius 1 is 0.943 bits per heavy atom. The van der Waals surface area contributed by atoms with Gasteiger partial charge in [0.25, 0.3) is 0 Å². The van der Waals surface area contributed by atoms with Crippen molar-refractivity contribution in [2.45, 2.75) is 96.3 Å². The Morgan fingerprint density at radius 2 is 1.57 bits per heavy atom. The number of anilines is 1. The summed E-state index contributed by atoms with van der Waals surface area (Å²) in [6.45, 7) is 2.25. The number of esters is 1. The molecule has 1 atom stereocenters. The van der Waals surface area contributed by atoms with Crippen molar-refractivity contribution >= 4 is 29.2 Å². The molecule has 1 amide bonds. The lowest BCUT2D eigenvalue weighted by molar-refractivity contribution is -0.135. The van der Waals surface area contributed by atoms with Crippen LogP contribution in [0.3, 0.4) is 0 Å². The Kier molecular flexibility index (Phi) is 10.9. The summed E-state index contributed by atoms with van der Waals surface area (Å²) >= 11 is 6.56. The van der Waals surface area contributed by atoms with Gasteiger partial charge in [-0.2, -0.15) is 0 Å². The minimum atomic E-state index is -0.367. The number of unbranched alkanes of at least 4 members (excludes halogenated alkanes) is 10. The van der Waals surface area contributed by atoms with Gasteiger partial charge in [-0.05, 0) is 30.2 Å². The van der Waals surface area contributed by atoms with Gasteiger partial charge < -0.3 is 15.2 Å². The van der Waals surface area contributed by atoms with Crippen LogP contribution in [-0.4, -0.2) is 17.0 Å². The van der Waals surface area contributed by atoms with E-state index in [2.05, 4.69) is 12.2 Å². The zero-order chi connectivity index (χ0) is 25.0. The van der Waals surface area contributed by atoms with E-state index >= 15 is 0 Å². The fourth-order valence-corrected chi connectivity index (χ4v) is 4.99. The third kappa shape index (κ3) is 8.57. The average Bonchev–Trinajstić information content (AvgIpc) is 2.82. The van der Waals surface area contributed by atoms with Crippen LogP contribution in [0.5, 0.6) is 11.5 Å². The number of carbonyl (C=O) groups excluding carboxylic acids is 2. The second-order valence-corrected chi connectivity index (χ2v) is 9.93. The van der Waals surface area contributed by atoms with Crippen LogP contribution in [-0.2, 0) is 9.59 Å². The number of hydrogen-bond acceptors (Lipinski definition) is 4. The van der Waals surface area contributed by atoms with Crippen LogP contribution >= 0.6 is 11.6 Å². The van der Waals surface area contributed by atoms with Crippen molar-refractivity contribution < 1.29 is 19.4 Å². The normalized spacial score (nSPS) is 14.9. The van der Waals surface area contributed by atoms with Gasteiger partial charge in [0, 0.05) is 34.7 Å². The summed E-state index contributed by atoms with van der Waals surface area (Å²) in [5.74, 6) is -0.244. The molecule has 2 aromatic carbocycles. The van der Waals surface area contributed by atoms with Gasteiger partial charge in [-0.3, -0.25) is 9.59 Å². The van der Waals surface area contributed by atoms with Crippen LogP contribution in [0.1, 0.15) is 107 Å². The van der Waals surface area contributed by atoms with Gasteiger partial charge in [-0.15, -0.1) is 0 Å². The molecule has 0 fully saturated rings. The van der Waals surface area contributed by atoms with Crippen LogP contribution in [0.2, 0.25) is 5.02 Å². The molecular formula is C29H38ClNO4. The molecule has 0 saturated heterocycles. The Labute approximate surface area is 214 Å². The molecule has 6 heteroatoms. The lowest BCUT2D eigenvalue weighted by atomic mass is 9.86. The van der Waals surface area contributed by atoms with Crippen molar-refractivity contribution in [1.82, 2.24) is 0 Å². The number of hydrogen-bond donors (Lipinski definition) is 2. The minimum absolute atomic E-state index is 0.00759. The molecule has 1 unspecified atom stereocenters. The first-order valence-electron chi connectivity index (χ1n) is 13.1. The van der Waals surface area contributed by atoms with Gasteiger partial charge in [-0.25, -0.2) is 0 Å². The zero-order valence-corrected chi connectivity index (χ0v) is 21.5. The smallest absolute Gasteiger partial charge is 0.312 e. The molecule has 0 radical (unpaired) electrons. The predicted octanol–water partition coefficient (Wildman–Crippen LogP) is 8.13. The number of ether oxygens (including phenoxy) is 1. The van der Waals surface area contributed by atoms with Crippen LogP contribution < -0.4 is 10.1 Å². The number of phenols is 1. The minimum Gasteiger partial charge on any atom is -0.508 e. The Morgan fingerprint density at radius 3 is 2.23 bits per heavy atom. The Balaban J connectivity index is 1.41. The number of aromatic hydroxyl groups is 1. The number of halogens is 1. The van der Waals surface area contributed by atoms with E-state index < -0.39 is 0 Å². The van der Waals surface area contributed by atoms with E-state index in [1.165, 1.54) is 63.9 Å². The molecule has 1 aliphatic heterocycles. The summed E-state index contributed by atoms with van der Waals surface area (Å²) in [7, 11) is 0. The largest absolute Gasteiger partial charge is 0.508 e. The summed E-state index contributed by atoms with van der Waals surface area (Å²) in [6.07, 6.45) is 14.5. The van der Waals surface area contributed by atoms with E-state index in [1.54, 1.807) is 18.2 Å². The van der Waals surface area contributed by atoms with Gasteiger partial charge in [0.1, 0.15) is 11.5 Å². The number of phenolic OH excluding ortho intramolecular Hbond substituents is 1. The molecule has 1 heterocycles. The number of benzene rings is 2. The lowest BCUT2D eigenvalue weighted by Crippen LogP contribution is -2.21. The maximum Gasteiger partial charge on any atom is 0.312 e. The second kappa shape index (κ2) is 14.1. The summed E-state index contributed by atoms with van der Waals surface area (Å²) < 4.78 is 5.27. The number of carbonyl (C=O) groups is 2. The summed E-state index contributed by atoms with van der Waals surface area (Å²) in [6, 6.07) is 10.2. The first-order valence-corrected chi connectivity index (χ1v) is 13.5. The standard InChI is InChI=1S/C29H38ClNO4/c1-2-3-4-5-6-7-8-9-10-11-12-13-28(33)31-21-14-16-23(26(30)18-21)25-20-29(34)35-27-19-22(32)15-17-24(25)27/h14-19,25,32H,2-13,20H2,1H3,(H,31,33). The zero-order valence-electron chi connectivity index (χ0n) is 20.8. The fraction of sp³-hybridized carbons (Fsp3) is 0.517.